The summed E-state index contributed by atoms with van der Waals surface area (Å²) >= 11 is 3.47. The number of ether oxygens (including phenoxy) is 1. The van der Waals surface area contributed by atoms with Crippen LogP contribution < -0.4 is 4.74 Å². The average Bonchev–Trinajstić information content (AvgIpc) is 3.37. The van der Waals surface area contributed by atoms with E-state index in [1.54, 1.807) is 27.9 Å². The first-order valence-corrected chi connectivity index (χ1v) is 11.2. The zero-order valence-electron chi connectivity index (χ0n) is 15.8. The zero-order valence-corrected chi connectivity index (χ0v) is 17.4. The van der Waals surface area contributed by atoms with E-state index >= 15 is 0 Å². The summed E-state index contributed by atoms with van der Waals surface area (Å²) < 4.78 is 8.12. The van der Waals surface area contributed by atoms with Gasteiger partial charge in [-0.25, -0.2) is 4.98 Å². The highest BCUT2D eigenvalue weighted by molar-refractivity contribution is 8.00. The Balaban J connectivity index is 1.45. The van der Waals surface area contributed by atoms with Gasteiger partial charge in [0.1, 0.15) is 22.5 Å². The Bertz CT molecular complexity index is 1230. The van der Waals surface area contributed by atoms with Crippen LogP contribution in [-0.2, 0) is 5.75 Å². The van der Waals surface area contributed by atoms with Crippen molar-refractivity contribution in [1.82, 2.24) is 20.0 Å². The Morgan fingerprint density at radius 3 is 2.38 bits per heavy atom. The molecular formula is C22H18N4OS2. The van der Waals surface area contributed by atoms with E-state index in [0.29, 0.717) is 6.61 Å². The van der Waals surface area contributed by atoms with Crippen molar-refractivity contribution in [2.45, 2.75) is 17.0 Å². The van der Waals surface area contributed by atoms with Crippen molar-refractivity contribution < 1.29 is 4.74 Å². The maximum absolute atomic E-state index is 5.83. The molecule has 0 spiro atoms. The Morgan fingerprint density at radius 1 is 0.931 bits per heavy atom. The molecule has 0 unspecified atom stereocenters. The van der Waals surface area contributed by atoms with E-state index in [0.717, 1.165) is 38.1 Å². The fourth-order valence-corrected chi connectivity index (χ4v) is 5.12. The molecule has 7 heteroatoms. The summed E-state index contributed by atoms with van der Waals surface area (Å²) in [6, 6.07) is 22.3. The van der Waals surface area contributed by atoms with E-state index in [-0.39, 0.29) is 0 Å². The van der Waals surface area contributed by atoms with Crippen LogP contribution in [0.25, 0.3) is 26.9 Å². The van der Waals surface area contributed by atoms with Crippen LogP contribution in [0.1, 0.15) is 12.5 Å². The number of thiazole rings is 1. The van der Waals surface area contributed by atoms with Crippen molar-refractivity contribution in [2.24, 2.45) is 0 Å². The van der Waals surface area contributed by atoms with Gasteiger partial charge >= 0.3 is 0 Å². The second-order valence-corrected chi connectivity index (χ2v) is 8.70. The molecular weight excluding hydrogens is 400 g/mol. The maximum atomic E-state index is 5.83. The van der Waals surface area contributed by atoms with Crippen molar-refractivity contribution in [3.8, 4) is 11.4 Å². The molecule has 0 amide bonds. The second-order valence-electron chi connectivity index (χ2n) is 6.45. The Morgan fingerprint density at radius 2 is 1.66 bits per heavy atom. The summed E-state index contributed by atoms with van der Waals surface area (Å²) in [5.41, 5.74) is 4.81. The number of hydrogen-bond donors (Lipinski definition) is 0. The van der Waals surface area contributed by atoms with E-state index in [1.165, 1.54) is 10.3 Å². The largest absolute Gasteiger partial charge is 0.492 e. The molecule has 0 saturated heterocycles. The molecule has 0 saturated carbocycles. The maximum Gasteiger partial charge on any atom is 0.151 e. The number of fused-ring (bicyclic) bond motifs is 2. The second kappa shape index (κ2) is 7.85. The first-order chi connectivity index (χ1) is 14.3. The molecule has 0 N–H and O–H groups in total. The number of nitrogens with zero attached hydrogens (tertiary/aromatic N) is 4. The summed E-state index contributed by atoms with van der Waals surface area (Å²) in [6.45, 7) is 2.57. The normalized spacial score (nSPS) is 11.3. The average molecular weight is 419 g/mol. The SMILES string of the molecule is CCOc1ccc(CSc2nc3ccccc3s2)cc1-n1nc2ccccc2n1. The van der Waals surface area contributed by atoms with Gasteiger partial charge in [0.25, 0.3) is 0 Å². The van der Waals surface area contributed by atoms with Crippen LogP contribution in [0.3, 0.4) is 0 Å². The molecule has 0 bridgehead atoms. The molecule has 5 aromatic rings. The van der Waals surface area contributed by atoms with Gasteiger partial charge < -0.3 is 4.74 Å². The van der Waals surface area contributed by atoms with Gasteiger partial charge in [0.2, 0.25) is 0 Å². The highest BCUT2D eigenvalue weighted by Gasteiger charge is 2.12. The molecule has 0 atom stereocenters. The molecule has 0 aliphatic carbocycles. The molecule has 5 nitrogen and oxygen atoms in total. The third-order valence-electron chi connectivity index (χ3n) is 4.46. The number of aromatic nitrogens is 4. The monoisotopic (exact) mass is 418 g/mol. The van der Waals surface area contributed by atoms with Gasteiger partial charge in [-0.15, -0.1) is 26.3 Å². The molecule has 2 aromatic heterocycles. The van der Waals surface area contributed by atoms with E-state index in [4.69, 9.17) is 9.72 Å². The summed E-state index contributed by atoms with van der Waals surface area (Å²) in [4.78, 5) is 6.38. The van der Waals surface area contributed by atoms with Gasteiger partial charge in [-0.3, -0.25) is 0 Å². The Hall–Kier alpha value is -2.90. The van der Waals surface area contributed by atoms with Gasteiger partial charge in [-0.05, 0) is 48.9 Å². The smallest absolute Gasteiger partial charge is 0.151 e. The Labute approximate surface area is 176 Å². The summed E-state index contributed by atoms with van der Waals surface area (Å²) in [6.07, 6.45) is 0. The third kappa shape index (κ3) is 3.71. The molecule has 0 radical (unpaired) electrons. The molecule has 29 heavy (non-hydrogen) atoms. The molecule has 0 aliphatic heterocycles. The molecule has 0 fully saturated rings. The van der Waals surface area contributed by atoms with Crippen LogP contribution in [0.2, 0.25) is 0 Å². The fraction of sp³-hybridized carbons (Fsp3) is 0.136. The summed E-state index contributed by atoms with van der Waals surface area (Å²) in [5.74, 6) is 1.60. The number of para-hydroxylation sites is 1. The van der Waals surface area contributed by atoms with Gasteiger partial charge in [0.15, 0.2) is 4.34 Å². The molecule has 3 aromatic carbocycles. The van der Waals surface area contributed by atoms with Crippen LogP contribution in [-0.4, -0.2) is 26.6 Å². The van der Waals surface area contributed by atoms with Gasteiger partial charge in [0, 0.05) is 5.75 Å². The fourth-order valence-electron chi connectivity index (χ4n) is 3.11. The standard InChI is InChI=1S/C22H18N4OS2/c1-2-27-20-12-11-15(14-28-22-23-18-9-5-6-10-21(18)29-22)13-19(20)26-24-16-7-3-4-8-17(16)25-26/h3-13H,2,14H2,1H3. The number of hydrogen-bond acceptors (Lipinski definition) is 6. The van der Waals surface area contributed by atoms with E-state index in [1.807, 2.05) is 43.3 Å². The first kappa shape index (κ1) is 18.1. The minimum atomic E-state index is 0.591. The highest BCUT2D eigenvalue weighted by Crippen LogP contribution is 2.33. The predicted octanol–water partition coefficient (Wildman–Crippen LogP) is 5.72. The van der Waals surface area contributed by atoms with Crippen LogP contribution in [0, 0.1) is 0 Å². The van der Waals surface area contributed by atoms with Crippen molar-refractivity contribution in [3.05, 3.63) is 72.3 Å². The van der Waals surface area contributed by atoms with Gasteiger partial charge in [-0.2, -0.15) is 0 Å². The van der Waals surface area contributed by atoms with Gasteiger partial charge in [-0.1, -0.05) is 42.1 Å². The third-order valence-corrected chi connectivity index (χ3v) is 6.71. The highest BCUT2D eigenvalue weighted by atomic mass is 32.2. The number of rotatable bonds is 6. The minimum Gasteiger partial charge on any atom is -0.492 e. The minimum absolute atomic E-state index is 0.591. The lowest BCUT2D eigenvalue weighted by Crippen LogP contribution is -2.04. The van der Waals surface area contributed by atoms with Crippen LogP contribution in [0.5, 0.6) is 5.75 Å². The lowest BCUT2D eigenvalue weighted by molar-refractivity contribution is 0.337. The molecule has 5 rings (SSSR count). The van der Waals surface area contributed by atoms with Crippen molar-refractivity contribution >= 4 is 44.3 Å². The number of thioether (sulfide) groups is 1. The number of benzene rings is 3. The summed E-state index contributed by atoms with van der Waals surface area (Å²) in [7, 11) is 0. The van der Waals surface area contributed by atoms with E-state index < -0.39 is 0 Å². The molecule has 0 aliphatic rings. The van der Waals surface area contributed by atoms with Crippen LogP contribution >= 0.6 is 23.1 Å². The zero-order chi connectivity index (χ0) is 19.6. The Kier molecular flexibility index (Phi) is 4.91. The van der Waals surface area contributed by atoms with Crippen LogP contribution in [0.4, 0.5) is 0 Å². The lowest BCUT2D eigenvalue weighted by Gasteiger charge is -2.11. The van der Waals surface area contributed by atoms with Crippen LogP contribution in [0.15, 0.2) is 71.1 Å². The topological polar surface area (TPSA) is 52.8 Å². The summed E-state index contributed by atoms with van der Waals surface area (Å²) in [5, 5.41) is 9.25. The lowest BCUT2D eigenvalue weighted by atomic mass is 10.2. The van der Waals surface area contributed by atoms with Crippen molar-refractivity contribution in [2.75, 3.05) is 6.61 Å². The van der Waals surface area contributed by atoms with Crippen molar-refractivity contribution in [1.29, 1.82) is 0 Å². The van der Waals surface area contributed by atoms with Crippen molar-refractivity contribution in [3.63, 3.8) is 0 Å². The van der Waals surface area contributed by atoms with Gasteiger partial charge in [0.05, 0.1) is 16.8 Å². The first-order valence-electron chi connectivity index (χ1n) is 9.37. The molecule has 2 heterocycles. The predicted molar refractivity (Wildman–Crippen MR) is 119 cm³/mol. The van der Waals surface area contributed by atoms with E-state index in [2.05, 4.69) is 40.5 Å². The van der Waals surface area contributed by atoms with E-state index in [9.17, 15) is 0 Å². The quantitative estimate of drug-likeness (QED) is 0.330. The molecule has 144 valence electrons.